The molecule has 1 aliphatic carbocycles. The summed E-state index contributed by atoms with van der Waals surface area (Å²) in [6.45, 7) is 1.12. The van der Waals surface area contributed by atoms with Crippen LogP contribution in [0.3, 0.4) is 0 Å². The molecule has 0 atom stereocenters. The van der Waals surface area contributed by atoms with E-state index in [1.165, 1.54) is 12.8 Å². The Hall–Kier alpha value is -0.370. The van der Waals surface area contributed by atoms with Crippen LogP contribution in [0.25, 0.3) is 0 Å². The van der Waals surface area contributed by atoms with Crippen molar-refractivity contribution in [3.63, 3.8) is 0 Å². The van der Waals surface area contributed by atoms with Gasteiger partial charge in [0.25, 0.3) is 0 Å². The Balaban J connectivity index is 2.03. The molecule has 9 heavy (non-hydrogen) atoms. The van der Waals surface area contributed by atoms with Gasteiger partial charge < -0.3 is 5.32 Å². The van der Waals surface area contributed by atoms with E-state index < -0.39 is 0 Å². The van der Waals surface area contributed by atoms with Gasteiger partial charge >= 0.3 is 0 Å². The molecule has 1 spiro atoms. The first-order valence-electron chi connectivity index (χ1n) is 3.58. The summed E-state index contributed by atoms with van der Waals surface area (Å²) in [6, 6.07) is 0. The lowest BCUT2D eigenvalue weighted by atomic mass is 9.75. The van der Waals surface area contributed by atoms with Gasteiger partial charge in [0, 0.05) is 18.4 Å². The quantitative estimate of drug-likeness (QED) is 0.510. The van der Waals surface area contributed by atoms with Crippen LogP contribution >= 0.6 is 0 Å². The van der Waals surface area contributed by atoms with E-state index in [9.17, 15) is 4.79 Å². The Morgan fingerprint density at radius 2 is 2.22 bits per heavy atom. The van der Waals surface area contributed by atoms with Gasteiger partial charge in [-0.2, -0.15) is 0 Å². The summed E-state index contributed by atoms with van der Waals surface area (Å²) in [5.74, 6) is 0.435. The molecule has 1 N–H and O–H groups in total. The first-order valence-corrected chi connectivity index (χ1v) is 3.58. The van der Waals surface area contributed by atoms with Gasteiger partial charge in [0.05, 0.1) is 0 Å². The van der Waals surface area contributed by atoms with Crippen molar-refractivity contribution in [2.75, 3.05) is 6.54 Å². The molecular weight excluding hydrogens is 114 g/mol. The average molecular weight is 125 g/mol. The maximum Gasteiger partial charge on any atom is 0.136 e. The van der Waals surface area contributed by atoms with E-state index >= 15 is 0 Å². The van der Waals surface area contributed by atoms with Gasteiger partial charge in [-0.25, -0.2) is 0 Å². The molecule has 2 aliphatic rings. The summed E-state index contributed by atoms with van der Waals surface area (Å²) in [5, 5.41) is 3.38. The predicted octanol–water partition coefficient (Wildman–Crippen LogP) is 0.471. The van der Waals surface area contributed by atoms with Gasteiger partial charge in [-0.15, -0.1) is 0 Å². The Bertz CT molecular complexity index is 137. The molecule has 1 saturated heterocycles. The molecule has 0 bridgehead atoms. The molecular formula is C7H11NO. The highest BCUT2D eigenvalue weighted by Gasteiger charge is 2.44. The summed E-state index contributed by atoms with van der Waals surface area (Å²) < 4.78 is 0. The molecule has 2 rings (SSSR count). The summed E-state index contributed by atoms with van der Waals surface area (Å²) in [6.07, 6.45) is 4.08. The number of Topliss-reactive ketones (excluding diaryl/α,β-unsaturated/α-hetero) is 1. The minimum Gasteiger partial charge on any atom is -0.310 e. The van der Waals surface area contributed by atoms with E-state index in [1.807, 2.05) is 0 Å². The van der Waals surface area contributed by atoms with Gasteiger partial charge in [0.1, 0.15) is 5.78 Å². The molecule has 2 fully saturated rings. The molecule has 1 saturated carbocycles. The Kier molecular flexibility index (Phi) is 0.943. The van der Waals surface area contributed by atoms with Crippen molar-refractivity contribution in [2.45, 2.75) is 31.2 Å². The lowest BCUT2D eigenvalue weighted by Gasteiger charge is -2.36. The highest BCUT2D eigenvalue weighted by molar-refractivity contribution is 5.87. The summed E-state index contributed by atoms with van der Waals surface area (Å²) >= 11 is 0. The zero-order valence-corrected chi connectivity index (χ0v) is 5.44. The minimum absolute atomic E-state index is 0.289. The molecule has 2 heteroatoms. The van der Waals surface area contributed by atoms with E-state index in [2.05, 4.69) is 5.32 Å². The highest BCUT2D eigenvalue weighted by Crippen LogP contribution is 2.35. The highest BCUT2D eigenvalue weighted by atomic mass is 16.1. The molecule has 0 aromatic rings. The van der Waals surface area contributed by atoms with Crippen LogP contribution in [0.15, 0.2) is 0 Å². The maximum absolute atomic E-state index is 10.6. The van der Waals surface area contributed by atoms with Gasteiger partial charge in [0.15, 0.2) is 0 Å². The molecule has 0 unspecified atom stereocenters. The van der Waals surface area contributed by atoms with E-state index in [-0.39, 0.29) is 5.54 Å². The Labute approximate surface area is 54.6 Å². The van der Waals surface area contributed by atoms with Gasteiger partial charge in [-0.3, -0.25) is 4.79 Å². The summed E-state index contributed by atoms with van der Waals surface area (Å²) in [5.41, 5.74) is 0.289. The lowest BCUT2D eigenvalue weighted by Crippen LogP contribution is -2.51. The smallest absolute Gasteiger partial charge is 0.136 e. The average Bonchev–Trinajstić information content (AvgIpc) is 2.12. The topological polar surface area (TPSA) is 29.1 Å². The SMILES string of the molecule is O=C1CC2(CCCN2)C1. The van der Waals surface area contributed by atoms with Crippen LogP contribution in [0.2, 0.25) is 0 Å². The largest absolute Gasteiger partial charge is 0.310 e. The van der Waals surface area contributed by atoms with Crippen molar-refractivity contribution in [3.8, 4) is 0 Å². The zero-order valence-electron chi connectivity index (χ0n) is 5.44. The number of ketones is 1. The van der Waals surface area contributed by atoms with E-state index in [4.69, 9.17) is 0 Å². The van der Waals surface area contributed by atoms with Crippen molar-refractivity contribution >= 4 is 5.78 Å². The first kappa shape index (κ1) is 5.42. The number of rotatable bonds is 0. The summed E-state index contributed by atoms with van der Waals surface area (Å²) in [7, 11) is 0. The monoisotopic (exact) mass is 125 g/mol. The molecule has 2 nitrogen and oxygen atoms in total. The van der Waals surface area contributed by atoms with Crippen molar-refractivity contribution in [1.29, 1.82) is 0 Å². The van der Waals surface area contributed by atoms with Crippen LogP contribution in [-0.4, -0.2) is 17.9 Å². The van der Waals surface area contributed by atoms with Crippen LogP contribution in [-0.2, 0) is 4.79 Å². The Morgan fingerprint density at radius 1 is 1.44 bits per heavy atom. The van der Waals surface area contributed by atoms with Crippen molar-refractivity contribution in [1.82, 2.24) is 5.32 Å². The fourth-order valence-corrected chi connectivity index (χ4v) is 1.87. The van der Waals surface area contributed by atoms with Crippen molar-refractivity contribution in [3.05, 3.63) is 0 Å². The minimum atomic E-state index is 0.289. The van der Waals surface area contributed by atoms with Crippen molar-refractivity contribution in [2.24, 2.45) is 0 Å². The van der Waals surface area contributed by atoms with Crippen LogP contribution in [0.5, 0.6) is 0 Å². The molecule has 1 aliphatic heterocycles. The van der Waals surface area contributed by atoms with E-state index in [1.54, 1.807) is 0 Å². The second kappa shape index (κ2) is 1.57. The number of hydrogen-bond donors (Lipinski definition) is 1. The third kappa shape index (κ3) is 0.697. The normalized spacial score (nSPS) is 30.9. The molecule has 1 heterocycles. The second-order valence-corrected chi connectivity index (χ2v) is 3.20. The number of hydrogen-bond acceptors (Lipinski definition) is 2. The number of nitrogens with one attached hydrogen (secondary N) is 1. The van der Waals surface area contributed by atoms with Gasteiger partial charge in [0.2, 0.25) is 0 Å². The molecule has 0 amide bonds. The predicted molar refractivity (Wildman–Crippen MR) is 34.2 cm³/mol. The summed E-state index contributed by atoms with van der Waals surface area (Å²) in [4.78, 5) is 10.6. The first-order chi connectivity index (χ1) is 4.31. The molecule has 0 aromatic carbocycles. The van der Waals surface area contributed by atoms with E-state index in [0.717, 1.165) is 19.4 Å². The molecule has 0 aromatic heterocycles. The van der Waals surface area contributed by atoms with Gasteiger partial charge in [-0.1, -0.05) is 0 Å². The zero-order chi connectivity index (χ0) is 6.32. The van der Waals surface area contributed by atoms with Crippen molar-refractivity contribution < 1.29 is 4.79 Å². The second-order valence-electron chi connectivity index (χ2n) is 3.20. The maximum atomic E-state index is 10.6. The lowest BCUT2D eigenvalue weighted by molar-refractivity contribution is -0.128. The third-order valence-electron chi connectivity index (χ3n) is 2.40. The Morgan fingerprint density at radius 3 is 2.67 bits per heavy atom. The van der Waals surface area contributed by atoms with Crippen LogP contribution < -0.4 is 5.32 Å². The van der Waals surface area contributed by atoms with Crippen LogP contribution in [0.1, 0.15) is 25.7 Å². The molecule has 0 radical (unpaired) electrons. The van der Waals surface area contributed by atoms with Crippen LogP contribution in [0.4, 0.5) is 0 Å². The number of carbonyl (C=O) groups excluding carboxylic acids is 1. The third-order valence-corrected chi connectivity index (χ3v) is 2.40. The van der Waals surface area contributed by atoms with Crippen LogP contribution in [0, 0.1) is 0 Å². The fraction of sp³-hybridized carbons (Fsp3) is 0.857. The van der Waals surface area contributed by atoms with Gasteiger partial charge in [-0.05, 0) is 19.4 Å². The standard InChI is InChI=1S/C7H11NO/c9-6-4-7(5-6)2-1-3-8-7/h8H,1-5H2. The fourth-order valence-electron chi connectivity index (χ4n) is 1.87. The van der Waals surface area contributed by atoms with E-state index in [0.29, 0.717) is 5.78 Å². The molecule has 50 valence electrons. The number of carbonyl (C=O) groups is 1.